The Morgan fingerprint density at radius 2 is 1.85 bits per heavy atom. The van der Waals surface area contributed by atoms with Crippen LogP contribution in [0.1, 0.15) is 12.2 Å². The van der Waals surface area contributed by atoms with Crippen molar-refractivity contribution < 1.29 is 23.5 Å². The summed E-state index contributed by atoms with van der Waals surface area (Å²) in [6, 6.07) is 17.1. The Bertz CT molecular complexity index is 1110. The van der Waals surface area contributed by atoms with Gasteiger partial charge in [-0.1, -0.05) is 11.6 Å². The third kappa shape index (κ3) is 5.93. The van der Waals surface area contributed by atoms with Crippen molar-refractivity contribution >= 4 is 40.7 Å². The predicted octanol–water partition coefficient (Wildman–Crippen LogP) is 3.62. The minimum atomic E-state index is -0.431. The fraction of sp³-hybridized carbons (Fsp3) is 0.208. The van der Waals surface area contributed by atoms with Gasteiger partial charge in [0.15, 0.2) is 6.61 Å². The molecule has 0 unspecified atom stereocenters. The van der Waals surface area contributed by atoms with Gasteiger partial charge in [-0.05, 0) is 60.7 Å². The summed E-state index contributed by atoms with van der Waals surface area (Å²) in [5.74, 6) is 0.101. The SMILES string of the molecule is O=C(COc1ccc(N2C[C@H](C(=O)NCc3ccco3)CC2=O)cc1)Nc1ccc(Cl)cc1. The average molecular weight is 468 g/mol. The van der Waals surface area contributed by atoms with Crippen molar-refractivity contribution in [2.75, 3.05) is 23.4 Å². The number of carbonyl (C=O) groups excluding carboxylic acids is 3. The molecule has 1 aliphatic rings. The normalized spacial score (nSPS) is 15.4. The number of ether oxygens (including phenoxy) is 1. The fourth-order valence-corrected chi connectivity index (χ4v) is 3.59. The van der Waals surface area contributed by atoms with E-state index in [4.69, 9.17) is 20.8 Å². The molecule has 4 rings (SSSR count). The van der Waals surface area contributed by atoms with E-state index in [2.05, 4.69) is 10.6 Å². The number of anilines is 2. The topological polar surface area (TPSA) is 101 Å². The summed E-state index contributed by atoms with van der Waals surface area (Å²) >= 11 is 5.83. The van der Waals surface area contributed by atoms with Gasteiger partial charge in [0.1, 0.15) is 11.5 Å². The monoisotopic (exact) mass is 467 g/mol. The van der Waals surface area contributed by atoms with Crippen molar-refractivity contribution in [3.8, 4) is 5.75 Å². The summed E-state index contributed by atoms with van der Waals surface area (Å²) in [7, 11) is 0. The highest BCUT2D eigenvalue weighted by Crippen LogP contribution is 2.27. The van der Waals surface area contributed by atoms with Gasteiger partial charge in [0.2, 0.25) is 11.8 Å². The molecule has 3 aromatic rings. The first-order valence-electron chi connectivity index (χ1n) is 10.4. The molecule has 170 valence electrons. The van der Waals surface area contributed by atoms with E-state index >= 15 is 0 Å². The summed E-state index contributed by atoms with van der Waals surface area (Å²) in [5, 5.41) is 6.10. The molecule has 0 spiro atoms. The van der Waals surface area contributed by atoms with Gasteiger partial charge in [-0.2, -0.15) is 0 Å². The maximum Gasteiger partial charge on any atom is 0.262 e. The lowest BCUT2D eigenvalue weighted by Gasteiger charge is -2.17. The molecule has 33 heavy (non-hydrogen) atoms. The molecule has 1 fully saturated rings. The van der Waals surface area contributed by atoms with Crippen LogP contribution in [0.4, 0.5) is 11.4 Å². The molecule has 3 amide bonds. The number of amides is 3. The summed E-state index contributed by atoms with van der Waals surface area (Å²) in [5.41, 5.74) is 1.29. The van der Waals surface area contributed by atoms with Crippen molar-refractivity contribution in [1.29, 1.82) is 0 Å². The van der Waals surface area contributed by atoms with Crippen molar-refractivity contribution in [3.63, 3.8) is 0 Å². The second-order valence-corrected chi connectivity index (χ2v) is 7.98. The summed E-state index contributed by atoms with van der Waals surface area (Å²) in [6.07, 6.45) is 1.69. The third-order valence-electron chi connectivity index (χ3n) is 5.16. The number of nitrogens with zero attached hydrogens (tertiary/aromatic N) is 1. The Kier molecular flexibility index (Phi) is 6.95. The smallest absolute Gasteiger partial charge is 0.262 e. The Labute approximate surface area is 195 Å². The standard InChI is InChI=1S/C24H22ClN3O5/c25-17-3-5-18(6-4-17)27-22(29)15-33-20-9-7-19(8-10-20)28-14-16(12-23(28)30)24(31)26-13-21-2-1-11-32-21/h1-11,16H,12-15H2,(H,26,31)(H,27,29)/t16-/m1/s1. The summed E-state index contributed by atoms with van der Waals surface area (Å²) in [4.78, 5) is 38.5. The van der Waals surface area contributed by atoms with Gasteiger partial charge >= 0.3 is 0 Å². The quantitative estimate of drug-likeness (QED) is 0.527. The Morgan fingerprint density at radius 1 is 1.09 bits per heavy atom. The molecule has 2 N–H and O–H groups in total. The molecule has 1 saturated heterocycles. The number of carbonyl (C=O) groups is 3. The molecule has 8 nitrogen and oxygen atoms in total. The molecule has 0 bridgehead atoms. The van der Waals surface area contributed by atoms with E-state index < -0.39 is 5.92 Å². The maximum atomic E-state index is 12.5. The van der Waals surface area contributed by atoms with Crippen LogP contribution < -0.4 is 20.3 Å². The molecule has 2 heterocycles. The van der Waals surface area contributed by atoms with Crippen LogP contribution in [0.25, 0.3) is 0 Å². The fourth-order valence-electron chi connectivity index (χ4n) is 3.47. The van der Waals surface area contributed by atoms with Crippen LogP contribution in [-0.4, -0.2) is 30.9 Å². The van der Waals surface area contributed by atoms with Crippen LogP contribution >= 0.6 is 11.6 Å². The highest BCUT2D eigenvalue weighted by molar-refractivity contribution is 6.30. The number of benzene rings is 2. The zero-order chi connectivity index (χ0) is 23.2. The number of rotatable bonds is 8. The minimum absolute atomic E-state index is 0.121. The van der Waals surface area contributed by atoms with Gasteiger partial charge in [0.25, 0.3) is 5.91 Å². The molecule has 0 radical (unpaired) electrons. The van der Waals surface area contributed by atoms with Crippen LogP contribution in [0.15, 0.2) is 71.3 Å². The molecular weight excluding hydrogens is 446 g/mol. The molecule has 1 atom stereocenters. The molecule has 2 aromatic carbocycles. The zero-order valence-corrected chi connectivity index (χ0v) is 18.4. The lowest BCUT2D eigenvalue weighted by Crippen LogP contribution is -2.32. The summed E-state index contributed by atoms with van der Waals surface area (Å²) < 4.78 is 10.7. The maximum absolute atomic E-state index is 12.5. The number of hydrogen-bond acceptors (Lipinski definition) is 5. The highest BCUT2D eigenvalue weighted by atomic mass is 35.5. The number of halogens is 1. The first-order valence-corrected chi connectivity index (χ1v) is 10.7. The van der Waals surface area contributed by atoms with E-state index in [-0.39, 0.29) is 37.3 Å². The largest absolute Gasteiger partial charge is 0.484 e. The first kappa shape index (κ1) is 22.4. The van der Waals surface area contributed by atoms with E-state index in [0.29, 0.717) is 34.5 Å². The van der Waals surface area contributed by atoms with Gasteiger partial charge < -0.3 is 24.7 Å². The van der Waals surface area contributed by atoms with Gasteiger partial charge in [0.05, 0.1) is 18.7 Å². The molecular formula is C24H22ClN3O5. The first-order chi connectivity index (χ1) is 16.0. The van der Waals surface area contributed by atoms with Gasteiger partial charge in [-0.3, -0.25) is 14.4 Å². The molecule has 1 aliphatic heterocycles. The van der Waals surface area contributed by atoms with E-state index in [9.17, 15) is 14.4 Å². The lowest BCUT2D eigenvalue weighted by atomic mass is 10.1. The molecule has 1 aromatic heterocycles. The van der Waals surface area contributed by atoms with Crippen molar-refractivity contribution in [1.82, 2.24) is 5.32 Å². The van der Waals surface area contributed by atoms with Gasteiger partial charge in [0, 0.05) is 29.4 Å². The minimum Gasteiger partial charge on any atom is -0.484 e. The third-order valence-corrected chi connectivity index (χ3v) is 5.41. The van der Waals surface area contributed by atoms with E-state index in [1.807, 2.05) is 0 Å². The van der Waals surface area contributed by atoms with Crippen LogP contribution in [0.5, 0.6) is 5.75 Å². The van der Waals surface area contributed by atoms with E-state index in [1.54, 1.807) is 71.8 Å². The second-order valence-electron chi connectivity index (χ2n) is 7.54. The van der Waals surface area contributed by atoms with Crippen LogP contribution in [-0.2, 0) is 20.9 Å². The molecule has 9 heteroatoms. The summed E-state index contributed by atoms with van der Waals surface area (Å²) in [6.45, 7) is 0.420. The highest BCUT2D eigenvalue weighted by Gasteiger charge is 2.35. The van der Waals surface area contributed by atoms with Crippen LogP contribution in [0, 0.1) is 5.92 Å². The van der Waals surface area contributed by atoms with E-state index in [1.165, 1.54) is 0 Å². The van der Waals surface area contributed by atoms with Crippen molar-refractivity contribution in [2.24, 2.45) is 5.92 Å². The van der Waals surface area contributed by atoms with Crippen LogP contribution in [0.3, 0.4) is 0 Å². The number of nitrogens with one attached hydrogen (secondary N) is 2. The molecule has 0 aliphatic carbocycles. The Hall–Kier alpha value is -3.78. The predicted molar refractivity (Wildman–Crippen MR) is 123 cm³/mol. The van der Waals surface area contributed by atoms with Crippen molar-refractivity contribution in [3.05, 3.63) is 77.7 Å². The lowest BCUT2D eigenvalue weighted by molar-refractivity contribution is -0.126. The second kappa shape index (κ2) is 10.2. The Morgan fingerprint density at radius 3 is 2.55 bits per heavy atom. The van der Waals surface area contributed by atoms with Gasteiger partial charge in [-0.25, -0.2) is 0 Å². The van der Waals surface area contributed by atoms with Gasteiger partial charge in [-0.15, -0.1) is 0 Å². The Balaban J connectivity index is 1.26. The number of hydrogen-bond donors (Lipinski definition) is 2. The van der Waals surface area contributed by atoms with Crippen LogP contribution in [0.2, 0.25) is 5.02 Å². The molecule has 0 saturated carbocycles. The zero-order valence-electron chi connectivity index (χ0n) is 17.6. The average Bonchev–Trinajstić information content (AvgIpc) is 3.48. The van der Waals surface area contributed by atoms with Crippen molar-refractivity contribution in [2.45, 2.75) is 13.0 Å². The van der Waals surface area contributed by atoms with E-state index in [0.717, 1.165) is 0 Å². The number of furan rings is 1.